The molecular formula is C40H43N3O6S. The number of aliphatic imine (C=N–C) groups is 1. The van der Waals surface area contributed by atoms with E-state index in [1.165, 1.54) is 11.8 Å². The summed E-state index contributed by atoms with van der Waals surface area (Å²) in [7, 11) is 0. The number of amides is 2. The summed E-state index contributed by atoms with van der Waals surface area (Å²) in [6.07, 6.45) is 3.34. The smallest absolute Gasteiger partial charge is 0.247 e. The van der Waals surface area contributed by atoms with Crippen molar-refractivity contribution < 1.29 is 29.0 Å². The van der Waals surface area contributed by atoms with Gasteiger partial charge in [0.2, 0.25) is 17.0 Å². The Morgan fingerprint density at radius 2 is 1.22 bits per heavy atom. The van der Waals surface area contributed by atoms with E-state index in [0.717, 1.165) is 47.2 Å². The van der Waals surface area contributed by atoms with Gasteiger partial charge in [0.15, 0.2) is 12.4 Å². The molecule has 0 spiro atoms. The number of hydrogen-bond acceptors (Lipinski definition) is 8. The van der Waals surface area contributed by atoms with Gasteiger partial charge >= 0.3 is 0 Å². The van der Waals surface area contributed by atoms with Gasteiger partial charge in [-0.25, -0.2) is 10.5 Å². The third kappa shape index (κ3) is 9.82. The van der Waals surface area contributed by atoms with E-state index < -0.39 is 6.29 Å². The molecule has 5 unspecified atom stereocenters. The molecule has 260 valence electrons. The van der Waals surface area contributed by atoms with E-state index in [1.807, 2.05) is 78.9 Å². The predicted molar refractivity (Wildman–Crippen MR) is 195 cm³/mol. The van der Waals surface area contributed by atoms with Crippen molar-refractivity contribution in [1.82, 2.24) is 5.48 Å². The van der Waals surface area contributed by atoms with Gasteiger partial charge in [-0.1, -0.05) is 128 Å². The molecule has 3 N–H and O–H groups in total. The number of nitrogens with zero attached hydrogens (tertiary/aromatic N) is 1. The van der Waals surface area contributed by atoms with Crippen molar-refractivity contribution in [2.24, 2.45) is 4.99 Å². The van der Waals surface area contributed by atoms with Crippen LogP contribution in [0.1, 0.15) is 91.6 Å². The van der Waals surface area contributed by atoms with Gasteiger partial charge in [0.05, 0.1) is 18.0 Å². The van der Waals surface area contributed by atoms with Crippen LogP contribution in [0.4, 0.5) is 5.69 Å². The van der Waals surface area contributed by atoms with Crippen LogP contribution in [0.25, 0.3) is 0 Å². The minimum Gasteiger partial charge on any atom is -0.462 e. The van der Waals surface area contributed by atoms with Crippen LogP contribution in [0.15, 0.2) is 120 Å². The molecule has 0 bridgehead atoms. The molecule has 0 radical (unpaired) electrons. The van der Waals surface area contributed by atoms with Crippen molar-refractivity contribution in [1.29, 1.82) is 0 Å². The molecule has 4 aromatic rings. The highest BCUT2D eigenvalue weighted by Crippen LogP contribution is 2.43. The summed E-state index contributed by atoms with van der Waals surface area (Å²) in [5, 5.41) is 12.2. The lowest BCUT2D eigenvalue weighted by Gasteiger charge is -2.36. The number of carbonyl (C=O) groups is 2. The first kappa shape index (κ1) is 35.3. The minimum absolute atomic E-state index is 0.0459. The number of hydroxylamine groups is 1. The zero-order valence-electron chi connectivity index (χ0n) is 27.9. The second-order valence-corrected chi connectivity index (χ2v) is 13.4. The fourth-order valence-electron chi connectivity index (χ4n) is 6.25. The van der Waals surface area contributed by atoms with Gasteiger partial charge < -0.3 is 19.5 Å². The highest BCUT2D eigenvalue weighted by atomic mass is 32.2. The molecule has 2 amide bonds. The molecule has 2 heterocycles. The number of anilines is 1. The fraction of sp³-hybridized carbons (Fsp3) is 0.325. The standard InChI is InChI=1S/C40H43N3O6S/c44-35(20-12-1-2-13-21-36(45)43-46)41-32-24-22-29(23-25-32)34-26-33(28-14-6-3-7-15-28)47-37(48-34)27-50-40-42-38(30-16-8-4-9-17-30)39(49-40)31-18-10-5-11-19-31/h3-11,14-19,22-25,33-34,37-39,46H,1-2,12-13,20-21,26-27H2,(H,41,44)(H,43,45). The van der Waals surface area contributed by atoms with Crippen LogP contribution in [0.3, 0.4) is 0 Å². The summed E-state index contributed by atoms with van der Waals surface area (Å²) in [4.78, 5) is 28.7. The van der Waals surface area contributed by atoms with Gasteiger partial charge in [-0.15, -0.1) is 0 Å². The van der Waals surface area contributed by atoms with Crippen LogP contribution in [0.2, 0.25) is 0 Å². The Kier molecular flexibility index (Phi) is 12.7. The topological polar surface area (TPSA) is 118 Å². The maximum Gasteiger partial charge on any atom is 0.247 e. The summed E-state index contributed by atoms with van der Waals surface area (Å²) in [6, 6.07) is 38.4. The van der Waals surface area contributed by atoms with Crippen molar-refractivity contribution in [3.05, 3.63) is 138 Å². The van der Waals surface area contributed by atoms with Gasteiger partial charge in [0.1, 0.15) is 6.04 Å². The van der Waals surface area contributed by atoms with E-state index in [9.17, 15) is 9.59 Å². The molecule has 1 fully saturated rings. The van der Waals surface area contributed by atoms with Gasteiger partial charge in [-0.2, -0.15) is 0 Å². The molecule has 0 aliphatic carbocycles. The molecule has 2 aliphatic rings. The maximum absolute atomic E-state index is 12.5. The van der Waals surface area contributed by atoms with Crippen molar-refractivity contribution in [3.63, 3.8) is 0 Å². The molecule has 50 heavy (non-hydrogen) atoms. The average Bonchev–Trinajstić information content (AvgIpc) is 3.61. The van der Waals surface area contributed by atoms with Crippen molar-refractivity contribution >= 4 is 34.5 Å². The monoisotopic (exact) mass is 693 g/mol. The Balaban J connectivity index is 1.07. The molecule has 6 rings (SSSR count). The second-order valence-electron chi connectivity index (χ2n) is 12.5. The van der Waals surface area contributed by atoms with E-state index in [1.54, 1.807) is 5.48 Å². The molecule has 2 aliphatic heterocycles. The SMILES string of the molecule is O=C(CCCCCCC(=O)Nc1ccc(C2CC(c3ccccc3)OC(CSC3=NC(c4ccccc4)C(c4ccccc4)O3)O2)cc1)NO. The third-order valence-corrected chi connectivity index (χ3v) is 9.74. The summed E-state index contributed by atoms with van der Waals surface area (Å²) in [5.74, 6) is 0.0747. The normalized spacial score (nSPS) is 21.5. The van der Waals surface area contributed by atoms with Crippen molar-refractivity contribution in [3.8, 4) is 0 Å². The predicted octanol–water partition coefficient (Wildman–Crippen LogP) is 8.62. The number of rotatable bonds is 14. The molecular weight excluding hydrogens is 651 g/mol. The first-order valence-electron chi connectivity index (χ1n) is 17.2. The Labute approximate surface area is 297 Å². The first-order valence-corrected chi connectivity index (χ1v) is 18.2. The van der Waals surface area contributed by atoms with Crippen molar-refractivity contribution in [2.75, 3.05) is 11.1 Å². The lowest BCUT2D eigenvalue weighted by Crippen LogP contribution is -2.32. The first-order chi connectivity index (χ1) is 24.6. The number of carbonyl (C=O) groups excluding carboxylic acids is 2. The summed E-state index contributed by atoms with van der Waals surface area (Å²) in [5.41, 5.74) is 6.66. The Hall–Kier alpha value is -4.48. The van der Waals surface area contributed by atoms with Gasteiger partial charge in [0, 0.05) is 24.9 Å². The molecule has 4 aromatic carbocycles. The van der Waals surface area contributed by atoms with Crippen LogP contribution in [-0.2, 0) is 23.8 Å². The number of benzene rings is 4. The minimum atomic E-state index is -0.501. The van der Waals surface area contributed by atoms with Gasteiger partial charge in [0.25, 0.3) is 0 Å². The van der Waals surface area contributed by atoms with Crippen LogP contribution in [0.5, 0.6) is 0 Å². The van der Waals surface area contributed by atoms with E-state index in [0.29, 0.717) is 30.2 Å². The number of thioether (sulfide) groups is 1. The van der Waals surface area contributed by atoms with E-state index >= 15 is 0 Å². The second kappa shape index (κ2) is 18.0. The van der Waals surface area contributed by atoms with Gasteiger partial charge in [-0.05, 0) is 47.2 Å². The third-order valence-electron chi connectivity index (χ3n) is 8.85. The molecule has 9 nitrogen and oxygen atoms in total. The number of nitrogens with one attached hydrogen (secondary N) is 2. The molecule has 1 saturated heterocycles. The lowest BCUT2D eigenvalue weighted by molar-refractivity contribution is -0.236. The van der Waals surface area contributed by atoms with E-state index in [-0.39, 0.29) is 42.6 Å². The number of ether oxygens (including phenoxy) is 3. The van der Waals surface area contributed by atoms with Crippen LogP contribution >= 0.6 is 11.8 Å². The van der Waals surface area contributed by atoms with Crippen molar-refractivity contribution in [2.45, 2.75) is 75.6 Å². The number of unbranched alkanes of at least 4 members (excludes halogenated alkanes) is 3. The van der Waals surface area contributed by atoms with E-state index in [2.05, 4.69) is 41.7 Å². The molecule has 0 aromatic heterocycles. The van der Waals surface area contributed by atoms with Gasteiger partial charge in [-0.3, -0.25) is 14.8 Å². The quantitative estimate of drug-likeness (QED) is 0.0688. The molecule has 0 saturated carbocycles. The Morgan fingerprint density at radius 1 is 0.680 bits per heavy atom. The zero-order valence-corrected chi connectivity index (χ0v) is 28.7. The number of hydrogen-bond donors (Lipinski definition) is 3. The average molecular weight is 694 g/mol. The Morgan fingerprint density at radius 3 is 1.82 bits per heavy atom. The molecule has 5 atom stereocenters. The summed E-state index contributed by atoms with van der Waals surface area (Å²) < 4.78 is 19.5. The highest BCUT2D eigenvalue weighted by Gasteiger charge is 2.36. The largest absolute Gasteiger partial charge is 0.462 e. The summed E-state index contributed by atoms with van der Waals surface area (Å²) >= 11 is 1.51. The van der Waals surface area contributed by atoms with Crippen LogP contribution in [-0.4, -0.2) is 34.3 Å². The maximum atomic E-state index is 12.5. The molecule has 10 heteroatoms. The zero-order chi connectivity index (χ0) is 34.5. The Bertz CT molecular complexity index is 1690. The lowest BCUT2D eigenvalue weighted by atomic mass is 9.97. The summed E-state index contributed by atoms with van der Waals surface area (Å²) in [6.45, 7) is 0. The highest BCUT2D eigenvalue weighted by molar-refractivity contribution is 8.13. The fourth-order valence-corrected chi connectivity index (χ4v) is 7.05. The van der Waals surface area contributed by atoms with Crippen LogP contribution < -0.4 is 10.8 Å². The van der Waals surface area contributed by atoms with Crippen LogP contribution in [0, 0.1) is 0 Å². The van der Waals surface area contributed by atoms with E-state index in [4.69, 9.17) is 24.4 Å².